The van der Waals surface area contributed by atoms with Gasteiger partial charge < -0.3 is 9.64 Å². The number of carbonyl (C=O) groups is 1. The van der Waals surface area contributed by atoms with Crippen molar-refractivity contribution in [2.75, 3.05) is 19.1 Å². The van der Waals surface area contributed by atoms with E-state index in [9.17, 15) is 4.79 Å². The molecular weight excluding hydrogens is 309 g/mol. The van der Waals surface area contributed by atoms with Gasteiger partial charge in [0.15, 0.2) is 0 Å². The number of halogens is 2. The molecule has 21 heavy (non-hydrogen) atoms. The van der Waals surface area contributed by atoms with Crippen LogP contribution in [0.15, 0.2) is 42.5 Å². The number of ether oxygens (including phenoxy) is 1. The van der Waals surface area contributed by atoms with Crippen molar-refractivity contribution in [1.29, 1.82) is 0 Å². The van der Waals surface area contributed by atoms with Crippen LogP contribution >= 0.6 is 23.2 Å². The summed E-state index contributed by atoms with van der Waals surface area (Å²) in [4.78, 5) is 13.7. The SMILES string of the molecule is COC(=O)c1ccccc1N(C)Cc1c(Cl)cccc1Cl. The molecule has 0 spiro atoms. The third-order valence-electron chi connectivity index (χ3n) is 3.18. The van der Waals surface area contributed by atoms with Gasteiger partial charge in [-0.05, 0) is 24.3 Å². The lowest BCUT2D eigenvalue weighted by Gasteiger charge is -2.22. The summed E-state index contributed by atoms with van der Waals surface area (Å²) in [5, 5.41) is 1.20. The van der Waals surface area contributed by atoms with E-state index in [4.69, 9.17) is 27.9 Å². The second kappa shape index (κ2) is 6.83. The predicted octanol–water partition coefficient (Wildman–Crippen LogP) is 4.42. The average molecular weight is 324 g/mol. The van der Waals surface area contributed by atoms with Crippen molar-refractivity contribution < 1.29 is 9.53 Å². The number of nitrogens with zero attached hydrogens (tertiary/aromatic N) is 1. The summed E-state index contributed by atoms with van der Waals surface area (Å²) in [6, 6.07) is 12.6. The molecule has 0 aromatic heterocycles. The smallest absolute Gasteiger partial charge is 0.339 e. The second-order valence-electron chi connectivity index (χ2n) is 4.57. The Morgan fingerprint density at radius 1 is 1.10 bits per heavy atom. The van der Waals surface area contributed by atoms with Gasteiger partial charge in [-0.3, -0.25) is 0 Å². The first-order valence-corrected chi connectivity index (χ1v) is 7.11. The minimum atomic E-state index is -0.372. The molecule has 0 unspecified atom stereocenters. The molecular formula is C16H15Cl2NO2. The molecule has 0 aliphatic heterocycles. The van der Waals surface area contributed by atoms with Crippen LogP contribution < -0.4 is 4.90 Å². The highest BCUT2D eigenvalue weighted by Crippen LogP contribution is 2.28. The van der Waals surface area contributed by atoms with Crippen LogP contribution in [0.5, 0.6) is 0 Å². The van der Waals surface area contributed by atoms with E-state index in [1.165, 1.54) is 7.11 Å². The summed E-state index contributed by atoms with van der Waals surface area (Å²) in [6.07, 6.45) is 0. The molecule has 0 radical (unpaired) electrons. The van der Waals surface area contributed by atoms with Crippen LogP contribution in [0.25, 0.3) is 0 Å². The summed E-state index contributed by atoms with van der Waals surface area (Å²) in [5.74, 6) is -0.372. The molecule has 0 aliphatic carbocycles. The number of methoxy groups -OCH3 is 1. The average Bonchev–Trinajstić information content (AvgIpc) is 2.50. The van der Waals surface area contributed by atoms with Gasteiger partial charge in [0.05, 0.1) is 18.4 Å². The molecule has 0 aliphatic rings. The Morgan fingerprint density at radius 2 is 1.71 bits per heavy atom. The van der Waals surface area contributed by atoms with Crippen LogP contribution in [0.4, 0.5) is 5.69 Å². The molecule has 0 amide bonds. The van der Waals surface area contributed by atoms with Crippen molar-refractivity contribution in [3.05, 3.63) is 63.6 Å². The number of para-hydroxylation sites is 1. The molecule has 0 atom stereocenters. The van der Waals surface area contributed by atoms with Gasteiger partial charge in [-0.1, -0.05) is 41.4 Å². The fraction of sp³-hybridized carbons (Fsp3) is 0.188. The van der Waals surface area contributed by atoms with E-state index in [1.54, 1.807) is 30.3 Å². The monoisotopic (exact) mass is 323 g/mol. The van der Waals surface area contributed by atoms with E-state index in [-0.39, 0.29) is 5.97 Å². The van der Waals surface area contributed by atoms with Gasteiger partial charge >= 0.3 is 5.97 Å². The first-order chi connectivity index (χ1) is 10.0. The highest BCUT2D eigenvalue weighted by atomic mass is 35.5. The van der Waals surface area contributed by atoms with Crippen LogP contribution in [0.3, 0.4) is 0 Å². The number of benzene rings is 2. The van der Waals surface area contributed by atoms with Crippen LogP contribution in [-0.4, -0.2) is 20.1 Å². The topological polar surface area (TPSA) is 29.5 Å². The van der Waals surface area contributed by atoms with Crippen molar-refractivity contribution in [2.24, 2.45) is 0 Å². The van der Waals surface area contributed by atoms with Crippen molar-refractivity contribution >= 4 is 34.9 Å². The molecule has 2 rings (SSSR count). The normalized spacial score (nSPS) is 10.3. The molecule has 2 aromatic rings. The number of hydrogen-bond donors (Lipinski definition) is 0. The van der Waals surface area contributed by atoms with Gasteiger partial charge in [-0.25, -0.2) is 4.79 Å². The maximum Gasteiger partial charge on any atom is 0.339 e. The van der Waals surface area contributed by atoms with Gasteiger partial charge in [-0.15, -0.1) is 0 Å². The number of esters is 1. The minimum Gasteiger partial charge on any atom is -0.465 e. The lowest BCUT2D eigenvalue weighted by Crippen LogP contribution is -2.20. The molecule has 0 saturated carbocycles. The Labute approximate surface area is 134 Å². The molecule has 0 fully saturated rings. The quantitative estimate of drug-likeness (QED) is 0.780. The molecule has 0 heterocycles. The number of anilines is 1. The zero-order valence-electron chi connectivity index (χ0n) is 11.8. The fourth-order valence-corrected chi connectivity index (χ4v) is 2.61. The highest BCUT2D eigenvalue weighted by molar-refractivity contribution is 6.36. The Hall–Kier alpha value is -1.71. The minimum absolute atomic E-state index is 0.372. The van der Waals surface area contributed by atoms with E-state index in [0.29, 0.717) is 22.2 Å². The van der Waals surface area contributed by atoms with Crippen molar-refractivity contribution in [3.8, 4) is 0 Å². The van der Waals surface area contributed by atoms with E-state index in [0.717, 1.165) is 11.3 Å². The summed E-state index contributed by atoms with van der Waals surface area (Å²) in [5.41, 5.74) is 2.09. The zero-order chi connectivity index (χ0) is 15.4. The van der Waals surface area contributed by atoms with Crippen LogP contribution in [-0.2, 0) is 11.3 Å². The molecule has 0 bridgehead atoms. The van der Waals surface area contributed by atoms with Crippen LogP contribution in [0.2, 0.25) is 10.0 Å². The maximum atomic E-state index is 11.8. The Bertz CT molecular complexity index is 638. The summed E-state index contributed by atoms with van der Waals surface area (Å²) in [7, 11) is 3.24. The maximum absolute atomic E-state index is 11.8. The van der Waals surface area contributed by atoms with E-state index < -0.39 is 0 Å². The fourth-order valence-electron chi connectivity index (χ4n) is 2.09. The van der Waals surface area contributed by atoms with E-state index in [2.05, 4.69) is 0 Å². The Morgan fingerprint density at radius 3 is 2.33 bits per heavy atom. The van der Waals surface area contributed by atoms with Crippen molar-refractivity contribution in [1.82, 2.24) is 0 Å². The summed E-state index contributed by atoms with van der Waals surface area (Å²) in [6.45, 7) is 0.493. The number of rotatable bonds is 4. The van der Waals surface area contributed by atoms with Gasteiger partial charge in [0.2, 0.25) is 0 Å². The van der Waals surface area contributed by atoms with Gasteiger partial charge in [0, 0.05) is 29.2 Å². The molecule has 2 aromatic carbocycles. The standard InChI is InChI=1S/C16H15Cl2NO2/c1-19(10-12-13(17)7-5-8-14(12)18)15-9-4-3-6-11(15)16(20)21-2/h3-9H,10H2,1-2H3. The lowest BCUT2D eigenvalue weighted by atomic mass is 10.1. The third kappa shape index (κ3) is 3.49. The summed E-state index contributed by atoms with van der Waals surface area (Å²) < 4.78 is 4.81. The Kier molecular flexibility index (Phi) is 5.10. The van der Waals surface area contributed by atoms with Crippen molar-refractivity contribution in [3.63, 3.8) is 0 Å². The lowest BCUT2D eigenvalue weighted by molar-refractivity contribution is 0.0601. The second-order valence-corrected chi connectivity index (χ2v) is 5.38. The zero-order valence-corrected chi connectivity index (χ0v) is 13.3. The van der Waals surface area contributed by atoms with Crippen molar-refractivity contribution in [2.45, 2.75) is 6.54 Å². The van der Waals surface area contributed by atoms with E-state index >= 15 is 0 Å². The molecule has 5 heteroatoms. The first-order valence-electron chi connectivity index (χ1n) is 6.36. The van der Waals surface area contributed by atoms with E-state index in [1.807, 2.05) is 24.1 Å². The predicted molar refractivity (Wildman–Crippen MR) is 86.4 cm³/mol. The number of hydrogen-bond acceptors (Lipinski definition) is 3. The largest absolute Gasteiger partial charge is 0.465 e. The van der Waals surface area contributed by atoms with Crippen LogP contribution in [0, 0.1) is 0 Å². The van der Waals surface area contributed by atoms with Gasteiger partial charge in [0.1, 0.15) is 0 Å². The molecule has 110 valence electrons. The molecule has 3 nitrogen and oxygen atoms in total. The van der Waals surface area contributed by atoms with Gasteiger partial charge in [-0.2, -0.15) is 0 Å². The first kappa shape index (κ1) is 15.7. The Balaban J connectivity index is 2.33. The van der Waals surface area contributed by atoms with Crippen LogP contribution in [0.1, 0.15) is 15.9 Å². The highest BCUT2D eigenvalue weighted by Gasteiger charge is 2.16. The molecule has 0 saturated heterocycles. The number of carbonyl (C=O) groups excluding carboxylic acids is 1. The molecule has 0 N–H and O–H groups in total. The third-order valence-corrected chi connectivity index (χ3v) is 3.89. The summed E-state index contributed by atoms with van der Waals surface area (Å²) >= 11 is 12.4. The van der Waals surface area contributed by atoms with Gasteiger partial charge in [0.25, 0.3) is 0 Å².